The second kappa shape index (κ2) is 22.2. The Bertz CT molecular complexity index is 2060. The zero-order chi connectivity index (χ0) is 44.9. The van der Waals surface area contributed by atoms with Gasteiger partial charge in [0.2, 0.25) is 23.6 Å². The smallest absolute Gasteiger partial charge is 0.305 e. The van der Waals surface area contributed by atoms with E-state index >= 15 is 0 Å². The molecule has 20 nitrogen and oxygen atoms in total. The van der Waals surface area contributed by atoms with E-state index in [2.05, 4.69) is 26.6 Å². The molecule has 0 bridgehead atoms. The fourth-order valence-electron chi connectivity index (χ4n) is 7.13. The van der Waals surface area contributed by atoms with Crippen molar-refractivity contribution in [3.05, 3.63) is 99.6 Å². The van der Waals surface area contributed by atoms with Crippen molar-refractivity contribution in [1.82, 2.24) is 21.3 Å². The van der Waals surface area contributed by atoms with E-state index in [1.807, 2.05) is 54.6 Å². The van der Waals surface area contributed by atoms with Gasteiger partial charge < -0.3 is 61.5 Å². The zero-order valence-electron chi connectivity index (χ0n) is 34.5. The Morgan fingerprint density at radius 1 is 0.968 bits per heavy atom. The van der Waals surface area contributed by atoms with Crippen molar-refractivity contribution < 1.29 is 58.1 Å². The van der Waals surface area contributed by atoms with Crippen LogP contribution < -0.4 is 32.3 Å². The molecule has 9 unspecified atom stereocenters. The number of carbonyl (C=O) groups excluding carboxylic acids is 5. The van der Waals surface area contributed by atoms with Gasteiger partial charge in [-0.25, -0.2) is 0 Å². The van der Waals surface area contributed by atoms with E-state index in [0.717, 1.165) is 16.8 Å². The van der Waals surface area contributed by atoms with Crippen molar-refractivity contribution in [3.63, 3.8) is 0 Å². The Labute approximate surface area is 357 Å². The van der Waals surface area contributed by atoms with Gasteiger partial charge in [-0.15, -0.1) is 0 Å². The Balaban J connectivity index is 1.08. The number of hydrogen-bond donors (Lipinski definition) is 8. The van der Waals surface area contributed by atoms with Crippen molar-refractivity contribution in [2.45, 2.75) is 102 Å². The van der Waals surface area contributed by atoms with Crippen LogP contribution >= 0.6 is 0 Å². The van der Waals surface area contributed by atoms with E-state index in [4.69, 9.17) is 24.7 Å². The van der Waals surface area contributed by atoms with Crippen LogP contribution in [-0.4, -0.2) is 113 Å². The summed E-state index contributed by atoms with van der Waals surface area (Å²) in [6.45, 7) is 3.69. The van der Waals surface area contributed by atoms with Crippen LogP contribution in [0, 0.1) is 10.1 Å². The average molecular weight is 864 g/mol. The van der Waals surface area contributed by atoms with Crippen LogP contribution in [0.25, 0.3) is 0 Å². The highest BCUT2D eigenvalue weighted by Crippen LogP contribution is 2.43. The Morgan fingerprint density at radius 3 is 2.37 bits per heavy atom. The van der Waals surface area contributed by atoms with E-state index in [0.29, 0.717) is 24.2 Å². The first kappa shape index (κ1) is 47.0. The maximum Gasteiger partial charge on any atom is 0.305 e. The molecule has 62 heavy (non-hydrogen) atoms. The minimum absolute atomic E-state index is 0.00238. The third-order valence-electron chi connectivity index (χ3n) is 10.3. The lowest BCUT2D eigenvalue weighted by Crippen LogP contribution is -2.66. The molecule has 9 atom stereocenters. The van der Waals surface area contributed by atoms with Gasteiger partial charge in [0.1, 0.15) is 42.5 Å². The van der Waals surface area contributed by atoms with Crippen molar-refractivity contribution >= 4 is 46.7 Å². The van der Waals surface area contributed by atoms with Crippen LogP contribution in [0.4, 0.5) is 17.1 Å². The topological polar surface area (TPSA) is 292 Å². The maximum atomic E-state index is 13.2. The molecule has 0 aliphatic carbocycles. The van der Waals surface area contributed by atoms with Gasteiger partial charge in [0.15, 0.2) is 6.29 Å². The van der Waals surface area contributed by atoms with E-state index in [-0.39, 0.29) is 31.7 Å². The van der Waals surface area contributed by atoms with Gasteiger partial charge in [0.05, 0.1) is 42.0 Å². The number of ether oxygens (including phenoxy) is 4. The van der Waals surface area contributed by atoms with Crippen molar-refractivity contribution in [3.8, 4) is 0 Å². The number of nitrogens with one attached hydrogen (secondary N) is 5. The molecule has 5 rings (SSSR count). The first-order valence-corrected chi connectivity index (χ1v) is 20.1. The van der Waals surface area contributed by atoms with Crippen LogP contribution in [0.5, 0.6) is 0 Å². The highest BCUT2D eigenvalue weighted by atomic mass is 16.7. The molecular weight excluding hydrogens is 810 g/mol. The molecule has 1 saturated heterocycles. The molecule has 0 spiro atoms. The monoisotopic (exact) mass is 863 g/mol. The van der Waals surface area contributed by atoms with Crippen LogP contribution in [0.3, 0.4) is 0 Å². The molecule has 1 fully saturated rings. The molecule has 2 aliphatic rings. The summed E-state index contributed by atoms with van der Waals surface area (Å²) in [6.07, 6.45) is -6.65. The van der Waals surface area contributed by atoms with Gasteiger partial charge >= 0.3 is 5.97 Å². The highest BCUT2D eigenvalue weighted by Gasteiger charge is 2.48. The largest absolute Gasteiger partial charge is 0.466 e. The number of aliphatic hydroxyl groups is 2. The molecule has 2 aliphatic heterocycles. The number of nitrogens with two attached hydrogens (primary N) is 1. The van der Waals surface area contributed by atoms with Crippen molar-refractivity contribution in [2.75, 3.05) is 25.1 Å². The number of aliphatic hydroxyl groups excluding tert-OH is 2. The maximum absolute atomic E-state index is 13.2. The van der Waals surface area contributed by atoms with Crippen LogP contribution in [-0.2, 0) is 49.5 Å². The lowest BCUT2D eigenvalue weighted by Gasteiger charge is -2.44. The first-order valence-electron chi connectivity index (χ1n) is 20.1. The fourth-order valence-corrected chi connectivity index (χ4v) is 7.13. The number of hydrogen-bond acceptors (Lipinski definition) is 15. The molecule has 3 aromatic carbocycles. The molecular formula is C42H53N7O13. The summed E-state index contributed by atoms with van der Waals surface area (Å²) in [6, 6.07) is 17.2. The van der Waals surface area contributed by atoms with Gasteiger partial charge in [-0.05, 0) is 56.5 Å². The average Bonchev–Trinajstić information content (AvgIpc) is 3.25. The van der Waals surface area contributed by atoms with E-state index in [1.54, 1.807) is 12.1 Å². The Kier molecular flexibility index (Phi) is 16.8. The molecule has 2 heterocycles. The summed E-state index contributed by atoms with van der Waals surface area (Å²) in [5, 5.41) is 47.0. The number of fused-ring (bicyclic) bond motifs is 2. The number of nitrogens with zero attached hydrogens (tertiary/aromatic N) is 1. The standard InChI is InChI=1S/C42H53N7O13/c1-23(45-41(56)24(2)61-38-36(46-25(3)51)42(62-32(21-50)37(38)53)60-22-26-11-5-4-6-12-26)40(55)48-30(39(43)54)17-18-33(52)59-20-10-19-44-35-27-13-7-8-14-28(27)47-29-15-9-16-31(34(29)35)49(57)58/h4-9,11-16,23-24,30,32,35-38,42,44,47,50,53H,10,17-22H2,1-3H3,(H2,43,54)(H,45,56)(H,46,51)(H,48,55). The van der Waals surface area contributed by atoms with Gasteiger partial charge in [-0.1, -0.05) is 54.6 Å². The number of benzene rings is 3. The van der Waals surface area contributed by atoms with Crippen LogP contribution in [0.1, 0.15) is 62.8 Å². The summed E-state index contributed by atoms with van der Waals surface area (Å²) in [5.74, 6) is -3.69. The van der Waals surface area contributed by atoms with Gasteiger partial charge in [0.25, 0.3) is 5.69 Å². The molecule has 334 valence electrons. The van der Waals surface area contributed by atoms with Gasteiger partial charge in [-0.3, -0.25) is 34.1 Å². The molecule has 0 aromatic heterocycles. The molecule has 20 heteroatoms. The normalized spacial score (nSPS) is 21.7. The number of rotatable bonds is 21. The quantitative estimate of drug-likeness (QED) is 0.0322. The fraction of sp³-hybridized carbons (Fsp3) is 0.452. The number of nitro groups is 1. The zero-order valence-corrected chi connectivity index (χ0v) is 34.5. The number of anilines is 2. The number of amides is 4. The number of esters is 1. The summed E-state index contributed by atoms with van der Waals surface area (Å²) < 4.78 is 23.0. The van der Waals surface area contributed by atoms with Crippen LogP contribution in [0.2, 0.25) is 0 Å². The van der Waals surface area contributed by atoms with Gasteiger partial charge in [-0.2, -0.15) is 0 Å². The highest BCUT2D eigenvalue weighted by molar-refractivity contribution is 5.92. The summed E-state index contributed by atoms with van der Waals surface area (Å²) in [5.41, 5.74) is 9.00. The van der Waals surface area contributed by atoms with Crippen LogP contribution in [0.15, 0.2) is 72.8 Å². The van der Waals surface area contributed by atoms with E-state index in [1.165, 1.54) is 26.8 Å². The second-order valence-electron chi connectivity index (χ2n) is 14.9. The van der Waals surface area contributed by atoms with E-state index < -0.39 is 96.0 Å². The van der Waals surface area contributed by atoms with E-state index in [9.17, 15) is 44.3 Å². The predicted octanol–water partition coefficient (Wildman–Crippen LogP) is 1.09. The number of nitro benzene ring substituents is 1. The molecule has 0 saturated carbocycles. The summed E-state index contributed by atoms with van der Waals surface area (Å²) >= 11 is 0. The Morgan fingerprint density at radius 2 is 1.68 bits per heavy atom. The number of carbonyl (C=O) groups is 5. The third kappa shape index (κ3) is 12.3. The lowest BCUT2D eigenvalue weighted by molar-refractivity contribution is -0.385. The van der Waals surface area contributed by atoms with Crippen molar-refractivity contribution in [1.29, 1.82) is 0 Å². The van der Waals surface area contributed by atoms with Gasteiger partial charge in [0, 0.05) is 25.1 Å². The SMILES string of the molecule is CC(=O)NC1C(OCc2ccccc2)OC(CO)C(O)C1OC(C)C(=O)NC(C)C(=O)NC(CCC(=O)OCCCNC1c2ccccc2Nc2cccc([N+](=O)[O-])c21)C(N)=O. The summed E-state index contributed by atoms with van der Waals surface area (Å²) in [7, 11) is 0. The number of primary amides is 1. The number of para-hydroxylation sites is 1. The molecule has 4 amide bonds. The second-order valence-corrected chi connectivity index (χ2v) is 14.9. The predicted molar refractivity (Wildman–Crippen MR) is 221 cm³/mol. The Hall–Kier alpha value is -6.03. The van der Waals surface area contributed by atoms with Crippen molar-refractivity contribution in [2.24, 2.45) is 5.73 Å². The molecule has 0 radical (unpaired) electrons. The summed E-state index contributed by atoms with van der Waals surface area (Å²) in [4.78, 5) is 74.8. The first-order chi connectivity index (χ1) is 29.7. The molecule has 3 aromatic rings. The lowest BCUT2D eigenvalue weighted by atomic mass is 9.90. The minimum Gasteiger partial charge on any atom is -0.466 e. The molecule has 9 N–H and O–H groups in total. The third-order valence-corrected chi connectivity index (χ3v) is 10.3. The minimum atomic E-state index is -1.51.